The third-order valence-electron chi connectivity index (χ3n) is 1.59. The summed E-state index contributed by atoms with van der Waals surface area (Å²) in [6, 6.07) is 0. The average Bonchev–Trinajstić information content (AvgIpc) is 1.86. The van der Waals surface area contributed by atoms with E-state index in [9.17, 15) is 0 Å². The fourth-order valence-electron chi connectivity index (χ4n) is 0.800. The normalized spacial score (nSPS) is 33.0. The summed E-state index contributed by atoms with van der Waals surface area (Å²) < 4.78 is 10.1. The Morgan fingerprint density at radius 2 is 2.67 bits per heavy atom. The van der Waals surface area contributed by atoms with Crippen molar-refractivity contribution in [2.45, 2.75) is 13.0 Å². The fraction of sp³-hybridized carbons (Fsp3) is 0.714. The van der Waals surface area contributed by atoms with Gasteiger partial charge in [0.15, 0.2) is 0 Å². The van der Waals surface area contributed by atoms with Crippen LogP contribution in [0, 0.1) is 5.92 Å². The molecule has 0 amide bonds. The van der Waals surface area contributed by atoms with Crippen LogP contribution in [-0.2, 0) is 9.47 Å². The highest BCUT2D eigenvalue weighted by atomic mass is 16.5. The summed E-state index contributed by atoms with van der Waals surface area (Å²) in [4.78, 5) is 0. The van der Waals surface area contributed by atoms with E-state index in [2.05, 4.69) is 13.5 Å². The van der Waals surface area contributed by atoms with E-state index in [4.69, 9.17) is 9.47 Å². The highest BCUT2D eigenvalue weighted by Crippen LogP contribution is 2.19. The molecule has 0 aromatic rings. The minimum Gasteiger partial charge on any atom is -0.499 e. The van der Waals surface area contributed by atoms with Gasteiger partial charge in [0.25, 0.3) is 0 Å². The Hall–Kier alpha value is -0.500. The number of ether oxygens (including phenoxy) is 2. The first kappa shape index (κ1) is 6.62. The Kier molecular flexibility index (Phi) is 2.11. The van der Waals surface area contributed by atoms with E-state index >= 15 is 0 Å². The Balaban J connectivity index is 2.06. The molecule has 9 heavy (non-hydrogen) atoms. The van der Waals surface area contributed by atoms with Gasteiger partial charge in [0.05, 0.1) is 19.0 Å². The molecule has 1 saturated heterocycles. The molecule has 0 aromatic carbocycles. The molecule has 0 bridgehead atoms. The summed E-state index contributed by atoms with van der Waals surface area (Å²) >= 11 is 0. The first-order valence-corrected chi connectivity index (χ1v) is 3.18. The van der Waals surface area contributed by atoms with Crippen LogP contribution in [0.25, 0.3) is 0 Å². The second-order valence-corrected chi connectivity index (χ2v) is 2.35. The zero-order chi connectivity index (χ0) is 6.69. The second-order valence-electron chi connectivity index (χ2n) is 2.35. The van der Waals surface area contributed by atoms with Crippen molar-refractivity contribution >= 4 is 0 Å². The van der Waals surface area contributed by atoms with E-state index in [1.54, 1.807) is 0 Å². The molecule has 2 nitrogen and oxygen atoms in total. The predicted octanol–water partition coefficient (Wildman–Crippen LogP) is 1.18. The molecule has 1 aliphatic rings. The number of hydrogen-bond acceptors (Lipinski definition) is 2. The van der Waals surface area contributed by atoms with Crippen LogP contribution in [-0.4, -0.2) is 19.3 Å². The van der Waals surface area contributed by atoms with Gasteiger partial charge in [-0.3, -0.25) is 0 Å². The molecule has 0 aromatic heterocycles. The third-order valence-corrected chi connectivity index (χ3v) is 1.59. The Bertz CT molecular complexity index is 101. The quantitative estimate of drug-likeness (QED) is 0.531. The molecule has 2 atom stereocenters. The van der Waals surface area contributed by atoms with Crippen molar-refractivity contribution in [3.05, 3.63) is 12.8 Å². The molecule has 52 valence electrons. The van der Waals surface area contributed by atoms with Gasteiger partial charge in [-0.2, -0.15) is 0 Å². The van der Waals surface area contributed by atoms with Gasteiger partial charge in [-0.25, -0.2) is 0 Å². The van der Waals surface area contributed by atoms with Crippen LogP contribution < -0.4 is 0 Å². The molecule has 1 fully saturated rings. The van der Waals surface area contributed by atoms with Crippen LogP contribution >= 0.6 is 0 Å². The van der Waals surface area contributed by atoms with Crippen LogP contribution in [0.5, 0.6) is 0 Å². The summed E-state index contributed by atoms with van der Waals surface area (Å²) in [5.74, 6) is 0.657. The Morgan fingerprint density at radius 3 is 3.00 bits per heavy atom. The maximum absolute atomic E-state index is 5.17. The van der Waals surface area contributed by atoms with Crippen molar-refractivity contribution in [3.8, 4) is 0 Å². The summed E-state index contributed by atoms with van der Waals surface area (Å²) in [5, 5.41) is 0. The Morgan fingerprint density at radius 1 is 1.89 bits per heavy atom. The summed E-state index contributed by atoms with van der Waals surface area (Å²) in [5.41, 5.74) is 0. The highest BCUT2D eigenvalue weighted by molar-refractivity contribution is 4.74. The highest BCUT2D eigenvalue weighted by Gasteiger charge is 2.27. The Labute approximate surface area is 55.5 Å². The van der Waals surface area contributed by atoms with Gasteiger partial charge in [-0.05, 0) is 0 Å². The standard InChI is InChI=1S/C7H12O2/c1-3-8-5-7-6(2)4-9-7/h3,6-7H,1,4-5H2,2H3. The molecule has 2 heteroatoms. The molecule has 0 aliphatic carbocycles. The molecule has 0 saturated carbocycles. The van der Waals surface area contributed by atoms with Gasteiger partial charge in [0, 0.05) is 5.92 Å². The van der Waals surface area contributed by atoms with Gasteiger partial charge >= 0.3 is 0 Å². The average molecular weight is 128 g/mol. The minimum absolute atomic E-state index is 0.308. The van der Waals surface area contributed by atoms with Crippen LogP contribution in [0.1, 0.15) is 6.92 Å². The predicted molar refractivity (Wildman–Crippen MR) is 35.1 cm³/mol. The molecule has 1 aliphatic heterocycles. The first-order valence-electron chi connectivity index (χ1n) is 3.18. The monoisotopic (exact) mass is 128 g/mol. The lowest BCUT2D eigenvalue weighted by atomic mass is 10.0. The maximum Gasteiger partial charge on any atom is 0.114 e. The van der Waals surface area contributed by atoms with E-state index in [0.717, 1.165) is 6.61 Å². The maximum atomic E-state index is 5.17. The zero-order valence-corrected chi connectivity index (χ0v) is 5.67. The van der Waals surface area contributed by atoms with Crippen molar-refractivity contribution in [1.82, 2.24) is 0 Å². The van der Waals surface area contributed by atoms with Crippen LogP contribution in [0.3, 0.4) is 0 Å². The van der Waals surface area contributed by atoms with Gasteiger partial charge in [-0.15, -0.1) is 0 Å². The fourth-order valence-corrected chi connectivity index (χ4v) is 0.800. The molecule has 1 heterocycles. The van der Waals surface area contributed by atoms with E-state index in [1.165, 1.54) is 6.26 Å². The second kappa shape index (κ2) is 2.87. The van der Waals surface area contributed by atoms with Crippen molar-refractivity contribution < 1.29 is 9.47 Å². The number of hydrogen-bond donors (Lipinski definition) is 0. The molecule has 0 spiro atoms. The van der Waals surface area contributed by atoms with Crippen molar-refractivity contribution in [3.63, 3.8) is 0 Å². The van der Waals surface area contributed by atoms with Crippen LogP contribution in [0.15, 0.2) is 12.8 Å². The molecule has 0 radical (unpaired) electrons. The molecule has 2 unspecified atom stereocenters. The minimum atomic E-state index is 0.308. The van der Waals surface area contributed by atoms with Crippen LogP contribution in [0.2, 0.25) is 0 Å². The molecular weight excluding hydrogens is 116 g/mol. The van der Waals surface area contributed by atoms with Crippen LogP contribution in [0.4, 0.5) is 0 Å². The van der Waals surface area contributed by atoms with E-state index in [1.807, 2.05) is 0 Å². The molecular formula is C7H12O2. The molecule has 1 rings (SSSR count). The smallest absolute Gasteiger partial charge is 0.114 e. The van der Waals surface area contributed by atoms with Crippen molar-refractivity contribution in [1.29, 1.82) is 0 Å². The zero-order valence-electron chi connectivity index (χ0n) is 5.67. The van der Waals surface area contributed by atoms with Gasteiger partial charge in [-0.1, -0.05) is 13.5 Å². The lowest BCUT2D eigenvalue weighted by Crippen LogP contribution is -2.40. The SMILES string of the molecule is C=COCC1OCC1C. The summed E-state index contributed by atoms with van der Waals surface area (Å²) in [7, 11) is 0. The lowest BCUT2D eigenvalue weighted by molar-refractivity contribution is -0.129. The third kappa shape index (κ3) is 1.45. The summed E-state index contributed by atoms with van der Waals surface area (Å²) in [6.07, 6.45) is 1.76. The molecule has 0 N–H and O–H groups in total. The first-order chi connectivity index (χ1) is 4.34. The van der Waals surface area contributed by atoms with Crippen molar-refractivity contribution in [2.75, 3.05) is 13.2 Å². The topological polar surface area (TPSA) is 18.5 Å². The lowest BCUT2D eigenvalue weighted by Gasteiger charge is -2.33. The van der Waals surface area contributed by atoms with E-state index < -0.39 is 0 Å². The van der Waals surface area contributed by atoms with E-state index in [0.29, 0.717) is 18.6 Å². The van der Waals surface area contributed by atoms with Crippen molar-refractivity contribution in [2.24, 2.45) is 5.92 Å². The largest absolute Gasteiger partial charge is 0.499 e. The van der Waals surface area contributed by atoms with Gasteiger partial charge < -0.3 is 9.47 Å². The van der Waals surface area contributed by atoms with E-state index in [-0.39, 0.29) is 0 Å². The summed E-state index contributed by atoms with van der Waals surface area (Å²) in [6.45, 7) is 7.13. The van der Waals surface area contributed by atoms with Gasteiger partial charge in [0.1, 0.15) is 6.61 Å². The van der Waals surface area contributed by atoms with Gasteiger partial charge in [0.2, 0.25) is 0 Å². The number of rotatable bonds is 3.